The number of hydrogen-bond acceptors (Lipinski definition) is 5. The standard InChI is InChI=1S/C14H25N3O4S/c1-10(15-13(19)21-14(2,3)4)11(18)16-12(22-5)17-6-8-20-9-7-17/h10H,6-9H2,1-5H3,(H,15,19)/t10-/m0/s1. The second-order valence-corrected chi connectivity index (χ2v) is 6.68. The van der Waals surface area contributed by atoms with E-state index in [1.165, 1.54) is 11.8 Å². The van der Waals surface area contributed by atoms with Crippen LogP contribution in [0.4, 0.5) is 4.79 Å². The van der Waals surface area contributed by atoms with Gasteiger partial charge in [0.15, 0.2) is 5.17 Å². The highest BCUT2D eigenvalue weighted by molar-refractivity contribution is 8.13. The number of amides is 2. The fraction of sp³-hybridized carbons (Fsp3) is 0.786. The number of carbonyl (C=O) groups excluding carboxylic acids is 2. The molecule has 1 rings (SSSR count). The zero-order valence-electron chi connectivity index (χ0n) is 13.8. The molecule has 0 unspecified atom stereocenters. The normalized spacial score (nSPS) is 17.9. The molecule has 0 spiro atoms. The molecule has 126 valence electrons. The van der Waals surface area contributed by atoms with E-state index in [2.05, 4.69) is 10.3 Å². The first kappa shape index (κ1) is 18.8. The lowest BCUT2D eigenvalue weighted by Crippen LogP contribution is -2.43. The Balaban J connectivity index is 2.60. The van der Waals surface area contributed by atoms with Crippen LogP contribution in [-0.4, -0.2) is 66.3 Å². The van der Waals surface area contributed by atoms with Gasteiger partial charge in [-0.3, -0.25) is 4.79 Å². The van der Waals surface area contributed by atoms with Crippen molar-refractivity contribution in [3.05, 3.63) is 0 Å². The van der Waals surface area contributed by atoms with Crippen molar-refractivity contribution in [2.24, 2.45) is 4.99 Å². The molecule has 0 aromatic heterocycles. The smallest absolute Gasteiger partial charge is 0.408 e. The molecule has 0 saturated carbocycles. The molecule has 22 heavy (non-hydrogen) atoms. The molecule has 1 heterocycles. The third-order valence-corrected chi connectivity index (χ3v) is 3.49. The average molecular weight is 331 g/mol. The molecule has 2 amide bonds. The van der Waals surface area contributed by atoms with Crippen molar-refractivity contribution in [3.8, 4) is 0 Å². The quantitative estimate of drug-likeness (QED) is 0.610. The summed E-state index contributed by atoms with van der Waals surface area (Å²) < 4.78 is 10.4. The van der Waals surface area contributed by atoms with Gasteiger partial charge in [-0.2, -0.15) is 4.99 Å². The Morgan fingerprint density at radius 1 is 1.32 bits per heavy atom. The van der Waals surface area contributed by atoms with Crippen LogP contribution in [0.15, 0.2) is 4.99 Å². The summed E-state index contributed by atoms with van der Waals surface area (Å²) in [7, 11) is 0. The molecule has 0 bridgehead atoms. The minimum atomic E-state index is -0.738. The lowest BCUT2D eigenvalue weighted by Gasteiger charge is -2.28. The van der Waals surface area contributed by atoms with Crippen molar-refractivity contribution >= 4 is 28.9 Å². The number of thioether (sulfide) groups is 1. The number of carbonyl (C=O) groups is 2. The second-order valence-electron chi connectivity index (χ2n) is 5.90. The van der Waals surface area contributed by atoms with Crippen LogP contribution in [0, 0.1) is 0 Å². The summed E-state index contributed by atoms with van der Waals surface area (Å²) in [4.78, 5) is 29.9. The maximum atomic E-state index is 12.1. The van der Waals surface area contributed by atoms with Crippen LogP contribution in [0.25, 0.3) is 0 Å². The van der Waals surface area contributed by atoms with Crippen LogP contribution < -0.4 is 5.32 Å². The molecule has 1 atom stereocenters. The van der Waals surface area contributed by atoms with E-state index in [-0.39, 0.29) is 0 Å². The summed E-state index contributed by atoms with van der Waals surface area (Å²) >= 11 is 1.41. The number of alkyl carbamates (subject to hydrolysis) is 1. The van der Waals surface area contributed by atoms with Crippen molar-refractivity contribution in [1.82, 2.24) is 10.2 Å². The Labute approximate surface area is 135 Å². The average Bonchev–Trinajstić information content (AvgIpc) is 2.43. The van der Waals surface area contributed by atoms with Gasteiger partial charge >= 0.3 is 6.09 Å². The van der Waals surface area contributed by atoms with E-state index in [4.69, 9.17) is 9.47 Å². The minimum absolute atomic E-state index is 0.401. The van der Waals surface area contributed by atoms with Crippen molar-refractivity contribution in [2.45, 2.75) is 39.3 Å². The molecular formula is C14H25N3O4S. The van der Waals surface area contributed by atoms with Gasteiger partial charge in [0, 0.05) is 13.1 Å². The molecule has 0 aromatic carbocycles. The Morgan fingerprint density at radius 2 is 1.91 bits per heavy atom. The number of hydrogen-bond donors (Lipinski definition) is 1. The van der Waals surface area contributed by atoms with Gasteiger partial charge in [0.2, 0.25) is 0 Å². The summed E-state index contributed by atoms with van der Waals surface area (Å²) in [6.45, 7) is 9.55. The molecule has 0 radical (unpaired) electrons. The van der Waals surface area contributed by atoms with Crippen LogP contribution in [0.1, 0.15) is 27.7 Å². The molecule has 0 aromatic rings. The zero-order valence-corrected chi connectivity index (χ0v) is 14.7. The SMILES string of the molecule is CSC(=NC(=O)[C@H](C)NC(=O)OC(C)(C)C)N1CCOCC1. The molecule has 0 aliphatic carbocycles. The fourth-order valence-corrected chi connectivity index (χ4v) is 2.36. The maximum absolute atomic E-state index is 12.1. The summed E-state index contributed by atoms with van der Waals surface area (Å²) in [6.07, 6.45) is 1.24. The Morgan fingerprint density at radius 3 is 2.41 bits per heavy atom. The highest BCUT2D eigenvalue weighted by Crippen LogP contribution is 2.10. The lowest BCUT2D eigenvalue weighted by molar-refractivity contribution is -0.119. The van der Waals surface area contributed by atoms with Crippen molar-refractivity contribution < 1.29 is 19.1 Å². The van der Waals surface area contributed by atoms with Gasteiger partial charge in [-0.05, 0) is 34.0 Å². The van der Waals surface area contributed by atoms with Crippen LogP contribution in [0.3, 0.4) is 0 Å². The van der Waals surface area contributed by atoms with Gasteiger partial charge in [-0.1, -0.05) is 11.8 Å². The number of nitrogens with one attached hydrogen (secondary N) is 1. The summed E-state index contributed by atoms with van der Waals surface area (Å²) in [5.74, 6) is -0.401. The topological polar surface area (TPSA) is 80.2 Å². The molecule has 7 nitrogen and oxygen atoms in total. The van der Waals surface area contributed by atoms with Crippen molar-refractivity contribution in [1.29, 1.82) is 0 Å². The second kappa shape index (κ2) is 8.38. The van der Waals surface area contributed by atoms with Crippen LogP contribution >= 0.6 is 11.8 Å². The maximum Gasteiger partial charge on any atom is 0.408 e. The molecular weight excluding hydrogens is 306 g/mol. The number of morpholine rings is 1. The summed E-state index contributed by atoms with van der Waals surface area (Å²) in [5, 5.41) is 3.14. The van der Waals surface area contributed by atoms with Crippen molar-refractivity contribution in [3.63, 3.8) is 0 Å². The lowest BCUT2D eigenvalue weighted by atomic mass is 10.2. The largest absolute Gasteiger partial charge is 0.444 e. The van der Waals surface area contributed by atoms with Crippen LogP contribution in [0.2, 0.25) is 0 Å². The van der Waals surface area contributed by atoms with Gasteiger partial charge < -0.3 is 19.7 Å². The first-order valence-electron chi connectivity index (χ1n) is 7.21. The molecule has 8 heteroatoms. The van der Waals surface area contributed by atoms with Crippen LogP contribution in [-0.2, 0) is 14.3 Å². The highest BCUT2D eigenvalue weighted by atomic mass is 32.2. The molecule has 1 saturated heterocycles. The van der Waals surface area contributed by atoms with E-state index in [0.29, 0.717) is 31.5 Å². The first-order chi connectivity index (χ1) is 10.2. The number of nitrogens with zero attached hydrogens (tertiary/aromatic N) is 2. The molecule has 1 fully saturated rings. The number of aliphatic imine (C=N–C) groups is 1. The predicted molar refractivity (Wildman–Crippen MR) is 87.2 cm³/mol. The van der Waals surface area contributed by atoms with E-state index in [1.807, 2.05) is 11.2 Å². The number of rotatable bonds is 2. The van der Waals surface area contributed by atoms with Gasteiger partial charge in [0.05, 0.1) is 13.2 Å². The molecule has 1 aliphatic rings. The van der Waals surface area contributed by atoms with E-state index in [0.717, 1.165) is 0 Å². The monoisotopic (exact) mass is 331 g/mol. The van der Waals surface area contributed by atoms with Crippen molar-refractivity contribution in [2.75, 3.05) is 32.6 Å². The first-order valence-corrected chi connectivity index (χ1v) is 8.44. The van der Waals surface area contributed by atoms with Gasteiger partial charge in [0.25, 0.3) is 5.91 Å². The predicted octanol–water partition coefficient (Wildman–Crippen LogP) is 1.48. The Hall–Kier alpha value is -1.28. The van der Waals surface area contributed by atoms with E-state index >= 15 is 0 Å². The van der Waals surface area contributed by atoms with Gasteiger partial charge in [-0.15, -0.1) is 0 Å². The molecule has 1 aliphatic heterocycles. The Kier molecular flexibility index (Phi) is 7.15. The molecule has 1 N–H and O–H groups in total. The minimum Gasteiger partial charge on any atom is -0.444 e. The fourth-order valence-electron chi connectivity index (χ4n) is 1.74. The highest BCUT2D eigenvalue weighted by Gasteiger charge is 2.22. The zero-order chi connectivity index (χ0) is 16.8. The number of amidine groups is 1. The third-order valence-electron chi connectivity index (χ3n) is 2.77. The summed E-state index contributed by atoms with van der Waals surface area (Å²) in [6, 6.07) is -0.738. The van der Waals surface area contributed by atoms with E-state index in [1.54, 1.807) is 27.7 Å². The van der Waals surface area contributed by atoms with Gasteiger partial charge in [0.1, 0.15) is 11.6 Å². The van der Waals surface area contributed by atoms with E-state index < -0.39 is 23.6 Å². The summed E-state index contributed by atoms with van der Waals surface area (Å²) in [5.41, 5.74) is -0.603. The number of ether oxygens (including phenoxy) is 2. The Bertz CT molecular complexity index is 428. The van der Waals surface area contributed by atoms with E-state index in [9.17, 15) is 9.59 Å². The van der Waals surface area contributed by atoms with Gasteiger partial charge in [-0.25, -0.2) is 4.79 Å². The van der Waals surface area contributed by atoms with Crippen LogP contribution in [0.5, 0.6) is 0 Å². The third kappa shape index (κ3) is 6.65.